The molecule has 0 spiro atoms. The van der Waals surface area contributed by atoms with Gasteiger partial charge in [0.05, 0.1) is 19.9 Å². The normalized spacial score (nSPS) is 11.2. The lowest BCUT2D eigenvalue weighted by Crippen LogP contribution is -2.13. The molecule has 2 aromatic rings. The second kappa shape index (κ2) is 7.54. The molecule has 0 saturated carbocycles. The number of aromatic nitrogens is 1. The van der Waals surface area contributed by atoms with Crippen LogP contribution in [0.25, 0.3) is 0 Å². The molecule has 0 aliphatic rings. The first-order chi connectivity index (χ1) is 12.2. The van der Waals surface area contributed by atoms with E-state index in [2.05, 4.69) is 4.98 Å². The summed E-state index contributed by atoms with van der Waals surface area (Å²) in [5.74, 6) is -5.11. The third-order valence-corrected chi connectivity index (χ3v) is 3.09. The first kappa shape index (κ1) is 19.4. The summed E-state index contributed by atoms with van der Waals surface area (Å²) < 4.78 is 80.1. The number of hydrogen-bond donors (Lipinski definition) is 0. The summed E-state index contributed by atoms with van der Waals surface area (Å²) in [5.41, 5.74) is -1.92. The maximum Gasteiger partial charge on any atom is 0.433 e. The second-order valence-electron chi connectivity index (χ2n) is 4.78. The van der Waals surface area contributed by atoms with Gasteiger partial charge in [0.1, 0.15) is 11.3 Å². The summed E-state index contributed by atoms with van der Waals surface area (Å²) in [6.07, 6.45) is -4.17. The Morgan fingerprint density at radius 3 is 2.46 bits per heavy atom. The third-order valence-electron chi connectivity index (χ3n) is 3.09. The first-order valence-corrected chi connectivity index (χ1v) is 7.13. The smallest absolute Gasteiger partial charge is 0.433 e. The van der Waals surface area contributed by atoms with E-state index < -0.39 is 46.5 Å². The molecule has 1 aromatic heterocycles. The quantitative estimate of drug-likeness (QED) is 0.573. The molecule has 0 unspecified atom stereocenters. The van der Waals surface area contributed by atoms with Crippen molar-refractivity contribution in [1.29, 1.82) is 0 Å². The Morgan fingerprint density at radius 1 is 1.19 bits per heavy atom. The highest BCUT2D eigenvalue weighted by molar-refractivity contribution is 5.92. The van der Waals surface area contributed by atoms with Crippen LogP contribution in [-0.4, -0.2) is 24.7 Å². The summed E-state index contributed by atoms with van der Waals surface area (Å²) in [7, 11) is 1.04. The Bertz CT molecular complexity index is 823. The van der Waals surface area contributed by atoms with Crippen LogP contribution in [0.2, 0.25) is 0 Å². The first-order valence-electron chi connectivity index (χ1n) is 7.13. The van der Waals surface area contributed by atoms with Crippen LogP contribution in [0, 0.1) is 11.6 Å². The van der Waals surface area contributed by atoms with Crippen molar-refractivity contribution in [2.75, 3.05) is 13.7 Å². The van der Waals surface area contributed by atoms with E-state index in [1.165, 1.54) is 6.92 Å². The molecule has 0 amide bonds. The molecule has 0 atom stereocenters. The molecule has 0 saturated heterocycles. The molecule has 5 nitrogen and oxygen atoms in total. The van der Waals surface area contributed by atoms with Crippen LogP contribution in [0.4, 0.5) is 22.0 Å². The maximum atomic E-state index is 13.7. The standard InChI is InChI=1S/C16H12F5NO4/c1-3-25-15(23)8-6-12(16(19,20)21)22-7-11(8)26-10-5-4-9(17)13(18)14(10)24-2/h4-7H,3H2,1-2H3. The van der Waals surface area contributed by atoms with Crippen molar-refractivity contribution in [2.45, 2.75) is 13.1 Å². The van der Waals surface area contributed by atoms with Gasteiger partial charge in [-0.05, 0) is 25.1 Å². The second-order valence-corrected chi connectivity index (χ2v) is 4.78. The van der Waals surface area contributed by atoms with Gasteiger partial charge in [-0.15, -0.1) is 0 Å². The number of pyridine rings is 1. The highest BCUT2D eigenvalue weighted by Crippen LogP contribution is 2.37. The predicted octanol–water partition coefficient (Wildman–Crippen LogP) is 4.36. The van der Waals surface area contributed by atoms with Gasteiger partial charge in [-0.3, -0.25) is 0 Å². The van der Waals surface area contributed by atoms with Crippen LogP contribution >= 0.6 is 0 Å². The monoisotopic (exact) mass is 377 g/mol. The van der Waals surface area contributed by atoms with Gasteiger partial charge in [-0.1, -0.05) is 0 Å². The zero-order valence-electron chi connectivity index (χ0n) is 13.5. The van der Waals surface area contributed by atoms with E-state index in [1.807, 2.05) is 0 Å². The molecular formula is C16H12F5NO4. The number of ether oxygens (including phenoxy) is 3. The van der Waals surface area contributed by atoms with Crippen LogP contribution in [0.15, 0.2) is 24.4 Å². The number of methoxy groups -OCH3 is 1. The molecule has 0 aliphatic heterocycles. The van der Waals surface area contributed by atoms with E-state index in [0.717, 1.165) is 19.2 Å². The molecule has 10 heteroatoms. The summed E-state index contributed by atoms with van der Waals surface area (Å²) >= 11 is 0. The van der Waals surface area contributed by atoms with Crippen molar-refractivity contribution in [3.63, 3.8) is 0 Å². The van der Waals surface area contributed by atoms with E-state index in [4.69, 9.17) is 14.2 Å². The lowest BCUT2D eigenvalue weighted by Gasteiger charge is -2.15. The minimum atomic E-state index is -4.81. The molecule has 140 valence electrons. The Labute approximate surface area is 144 Å². The van der Waals surface area contributed by atoms with E-state index >= 15 is 0 Å². The fourth-order valence-electron chi connectivity index (χ4n) is 1.95. The largest absolute Gasteiger partial charge is 0.490 e. The number of nitrogens with zero attached hydrogens (tertiary/aromatic N) is 1. The molecular weight excluding hydrogens is 365 g/mol. The van der Waals surface area contributed by atoms with E-state index in [0.29, 0.717) is 12.3 Å². The van der Waals surface area contributed by atoms with Crippen LogP contribution in [0.1, 0.15) is 23.0 Å². The Morgan fingerprint density at radius 2 is 1.88 bits per heavy atom. The highest BCUT2D eigenvalue weighted by Gasteiger charge is 2.34. The number of esters is 1. The SMILES string of the molecule is CCOC(=O)c1cc(C(F)(F)F)ncc1Oc1ccc(F)c(F)c1OC. The zero-order chi connectivity index (χ0) is 19.5. The van der Waals surface area contributed by atoms with Gasteiger partial charge in [0.2, 0.25) is 11.6 Å². The van der Waals surface area contributed by atoms with Crippen molar-refractivity contribution >= 4 is 5.97 Å². The van der Waals surface area contributed by atoms with Crippen LogP contribution in [0.3, 0.4) is 0 Å². The van der Waals surface area contributed by atoms with Gasteiger partial charge in [-0.2, -0.15) is 17.6 Å². The van der Waals surface area contributed by atoms with Crippen LogP contribution < -0.4 is 9.47 Å². The van der Waals surface area contributed by atoms with Gasteiger partial charge in [0, 0.05) is 0 Å². The van der Waals surface area contributed by atoms with E-state index in [-0.39, 0.29) is 12.4 Å². The number of rotatable bonds is 5. The van der Waals surface area contributed by atoms with Gasteiger partial charge >= 0.3 is 12.1 Å². The molecule has 0 radical (unpaired) electrons. The van der Waals surface area contributed by atoms with Gasteiger partial charge in [0.25, 0.3) is 0 Å². The topological polar surface area (TPSA) is 57.7 Å². The number of hydrogen-bond acceptors (Lipinski definition) is 5. The van der Waals surface area contributed by atoms with Gasteiger partial charge in [-0.25, -0.2) is 14.2 Å². The summed E-state index contributed by atoms with van der Waals surface area (Å²) in [5, 5.41) is 0. The minimum absolute atomic E-state index is 0.101. The lowest BCUT2D eigenvalue weighted by atomic mass is 10.2. The number of carbonyl (C=O) groups excluding carboxylic acids is 1. The molecule has 0 fully saturated rings. The van der Waals surface area contributed by atoms with Crippen molar-refractivity contribution in [1.82, 2.24) is 4.98 Å². The van der Waals surface area contributed by atoms with Crippen molar-refractivity contribution in [3.8, 4) is 17.2 Å². The van der Waals surface area contributed by atoms with Crippen LogP contribution in [-0.2, 0) is 10.9 Å². The summed E-state index contributed by atoms with van der Waals surface area (Å²) in [6, 6.07) is 2.16. The number of halogens is 5. The predicted molar refractivity (Wildman–Crippen MR) is 78.2 cm³/mol. The number of carbonyl (C=O) groups is 1. The van der Waals surface area contributed by atoms with Crippen LogP contribution in [0.5, 0.6) is 17.2 Å². The fraction of sp³-hybridized carbons (Fsp3) is 0.250. The highest BCUT2D eigenvalue weighted by atomic mass is 19.4. The Balaban J connectivity index is 2.53. The molecule has 2 rings (SSSR count). The Hall–Kier alpha value is -2.91. The molecule has 1 heterocycles. The van der Waals surface area contributed by atoms with Gasteiger partial charge < -0.3 is 14.2 Å². The summed E-state index contributed by atoms with van der Waals surface area (Å²) in [6.45, 7) is 1.36. The van der Waals surface area contributed by atoms with Crippen molar-refractivity contribution < 1.29 is 41.0 Å². The zero-order valence-corrected chi connectivity index (χ0v) is 13.5. The van der Waals surface area contributed by atoms with Crippen molar-refractivity contribution in [3.05, 3.63) is 47.3 Å². The Kier molecular flexibility index (Phi) is 5.63. The molecule has 0 N–H and O–H groups in total. The lowest BCUT2D eigenvalue weighted by molar-refractivity contribution is -0.141. The van der Waals surface area contributed by atoms with E-state index in [1.54, 1.807) is 0 Å². The molecule has 0 aliphatic carbocycles. The summed E-state index contributed by atoms with van der Waals surface area (Å²) in [4.78, 5) is 15.1. The number of alkyl halides is 3. The van der Waals surface area contributed by atoms with E-state index in [9.17, 15) is 26.7 Å². The third kappa shape index (κ3) is 4.01. The number of benzene rings is 1. The van der Waals surface area contributed by atoms with Gasteiger partial charge in [0.15, 0.2) is 17.3 Å². The fourth-order valence-corrected chi connectivity index (χ4v) is 1.95. The average molecular weight is 377 g/mol. The maximum absolute atomic E-state index is 13.7. The molecule has 26 heavy (non-hydrogen) atoms. The van der Waals surface area contributed by atoms with Crippen molar-refractivity contribution in [2.24, 2.45) is 0 Å². The minimum Gasteiger partial charge on any atom is -0.490 e. The molecule has 1 aromatic carbocycles. The molecule has 0 bridgehead atoms. The average Bonchev–Trinajstić information content (AvgIpc) is 2.58.